The van der Waals surface area contributed by atoms with Crippen LogP contribution in [0.25, 0.3) is 0 Å². The predicted molar refractivity (Wildman–Crippen MR) is 99.8 cm³/mol. The Bertz CT molecular complexity index is 960. The van der Waals surface area contributed by atoms with Crippen molar-refractivity contribution in [3.63, 3.8) is 0 Å². The average molecular weight is 427 g/mol. The zero-order valence-corrected chi connectivity index (χ0v) is 16.9. The molecule has 11 heteroatoms. The molecule has 3 aliphatic heterocycles. The first-order valence-corrected chi connectivity index (χ1v) is 10.6. The lowest BCUT2D eigenvalue weighted by molar-refractivity contribution is -0.173. The Morgan fingerprint density at radius 3 is 2.52 bits per heavy atom. The number of carbonyl (C=O) groups is 1. The van der Waals surface area contributed by atoms with E-state index in [0.29, 0.717) is 26.2 Å². The Hall–Kier alpha value is -2.37. The lowest BCUT2D eigenvalue weighted by atomic mass is 10.2. The number of hydrogen-bond acceptors (Lipinski definition) is 6. The smallest absolute Gasteiger partial charge is 0.404 e. The van der Waals surface area contributed by atoms with E-state index in [2.05, 4.69) is 5.32 Å². The molecular weight excluding hydrogens is 405 g/mol. The molecule has 3 aliphatic rings. The van der Waals surface area contributed by atoms with E-state index < -0.39 is 16.1 Å². The Kier molecular flexibility index (Phi) is 4.91. The van der Waals surface area contributed by atoms with Gasteiger partial charge in [-0.2, -0.15) is 8.70 Å². The van der Waals surface area contributed by atoms with Gasteiger partial charge in [-0.05, 0) is 23.3 Å². The summed E-state index contributed by atoms with van der Waals surface area (Å²) in [4.78, 5) is 13.8. The average Bonchev–Trinajstić information content (AvgIpc) is 3.30. The predicted octanol–water partition coefficient (Wildman–Crippen LogP) is 1.07. The molecule has 1 atom stereocenters. The minimum absolute atomic E-state index is 0.00730. The van der Waals surface area contributed by atoms with E-state index in [1.54, 1.807) is 12.0 Å². The number of nitrogens with one attached hydrogen (secondary N) is 1. The van der Waals surface area contributed by atoms with Gasteiger partial charge in [0.15, 0.2) is 11.5 Å². The largest absolute Gasteiger partial charge is 0.423 e. The molecule has 3 heterocycles. The molecule has 1 N–H and O–H groups in total. The van der Waals surface area contributed by atoms with Gasteiger partial charge in [-0.25, -0.2) is 13.2 Å². The molecule has 158 valence electrons. The minimum Gasteiger partial charge on any atom is -0.423 e. The van der Waals surface area contributed by atoms with Crippen LogP contribution in [0.3, 0.4) is 0 Å². The SMILES string of the molecule is COCCNC(=O)N1CC2=C(C1)CN(S(=O)(=O)c1ccc3c(c1)OC(C)(F)O3)C2. The summed E-state index contributed by atoms with van der Waals surface area (Å²) in [7, 11) is -2.24. The fraction of sp³-hybridized carbons (Fsp3) is 0.500. The van der Waals surface area contributed by atoms with Crippen LogP contribution in [0.5, 0.6) is 11.5 Å². The lowest BCUT2D eigenvalue weighted by Crippen LogP contribution is -2.42. The Balaban J connectivity index is 1.41. The molecule has 1 aromatic rings. The standard InChI is InChI=1S/C18H22FN3O6S/c1-18(19)27-15-4-3-14(7-16(15)28-18)29(24,25)22-10-12-8-21(9-13(12)11-22)17(23)20-5-6-26-2/h3-4,7H,5-6,8-11H2,1-2H3,(H,20,23). The topological polar surface area (TPSA) is 97.4 Å². The maximum Gasteiger partial charge on any atom is 0.404 e. The normalized spacial score (nSPS) is 23.6. The molecule has 1 aromatic carbocycles. The van der Waals surface area contributed by atoms with Crippen LogP contribution in [-0.4, -0.2) is 76.1 Å². The van der Waals surface area contributed by atoms with E-state index >= 15 is 0 Å². The summed E-state index contributed by atoms with van der Waals surface area (Å²) in [6.07, 6.45) is 0. The number of rotatable bonds is 5. The fourth-order valence-corrected chi connectivity index (χ4v) is 5.05. The summed E-state index contributed by atoms with van der Waals surface area (Å²) in [5.74, 6) is 0.209. The van der Waals surface area contributed by atoms with Crippen LogP contribution >= 0.6 is 0 Å². The molecule has 29 heavy (non-hydrogen) atoms. The van der Waals surface area contributed by atoms with Crippen molar-refractivity contribution in [2.75, 3.05) is 46.4 Å². The van der Waals surface area contributed by atoms with Crippen molar-refractivity contribution in [2.45, 2.75) is 17.9 Å². The second kappa shape index (κ2) is 7.15. The number of fused-ring (bicyclic) bond motifs is 1. The summed E-state index contributed by atoms with van der Waals surface area (Å²) in [6.45, 7) is 3.16. The maximum absolute atomic E-state index is 13.8. The van der Waals surface area contributed by atoms with Crippen molar-refractivity contribution < 1.29 is 31.8 Å². The number of halogens is 1. The quantitative estimate of drug-likeness (QED) is 0.558. The van der Waals surface area contributed by atoms with Gasteiger partial charge in [-0.3, -0.25) is 0 Å². The van der Waals surface area contributed by atoms with Crippen molar-refractivity contribution in [1.82, 2.24) is 14.5 Å². The first kappa shape index (κ1) is 19.9. The number of benzene rings is 1. The number of carbonyl (C=O) groups excluding carboxylic acids is 1. The molecule has 9 nitrogen and oxygen atoms in total. The summed E-state index contributed by atoms with van der Waals surface area (Å²) in [6, 6.07) is 1.52. The van der Waals surface area contributed by atoms with E-state index in [0.717, 1.165) is 18.1 Å². The minimum atomic E-state index is -3.80. The number of nitrogens with zero attached hydrogens (tertiary/aromatic N) is 2. The number of ether oxygens (including phenoxy) is 3. The van der Waals surface area contributed by atoms with Crippen LogP contribution < -0.4 is 14.8 Å². The molecule has 0 spiro atoms. The highest BCUT2D eigenvalue weighted by Gasteiger charge is 2.40. The fourth-order valence-electron chi connectivity index (χ4n) is 3.61. The molecule has 0 bridgehead atoms. The number of hydrogen-bond donors (Lipinski definition) is 1. The van der Waals surface area contributed by atoms with Crippen LogP contribution in [-0.2, 0) is 14.8 Å². The monoisotopic (exact) mass is 427 g/mol. The summed E-state index contributed by atoms with van der Waals surface area (Å²) in [5, 5.41) is 2.76. The third-order valence-electron chi connectivity index (χ3n) is 5.00. The maximum atomic E-state index is 13.8. The molecule has 0 radical (unpaired) electrons. The van der Waals surface area contributed by atoms with Gasteiger partial charge in [0.2, 0.25) is 10.0 Å². The molecule has 1 unspecified atom stereocenters. The second-order valence-corrected chi connectivity index (χ2v) is 9.15. The Labute approximate surface area is 168 Å². The summed E-state index contributed by atoms with van der Waals surface area (Å²) in [5.41, 5.74) is 1.85. The van der Waals surface area contributed by atoms with Gasteiger partial charge >= 0.3 is 12.1 Å². The van der Waals surface area contributed by atoms with Crippen LogP contribution in [0.15, 0.2) is 34.2 Å². The van der Waals surface area contributed by atoms with Crippen molar-refractivity contribution in [1.29, 1.82) is 0 Å². The van der Waals surface area contributed by atoms with E-state index in [1.165, 1.54) is 22.5 Å². The summed E-state index contributed by atoms with van der Waals surface area (Å²) < 4.78 is 56.1. The first-order chi connectivity index (χ1) is 13.7. The van der Waals surface area contributed by atoms with E-state index in [1.807, 2.05) is 0 Å². The van der Waals surface area contributed by atoms with Crippen molar-refractivity contribution in [3.8, 4) is 11.5 Å². The van der Waals surface area contributed by atoms with Crippen LogP contribution in [0.2, 0.25) is 0 Å². The van der Waals surface area contributed by atoms with Gasteiger partial charge in [0.25, 0.3) is 0 Å². The van der Waals surface area contributed by atoms with Gasteiger partial charge in [-0.15, -0.1) is 0 Å². The van der Waals surface area contributed by atoms with Gasteiger partial charge in [-0.1, -0.05) is 0 Å². The molecule has 2 amide bonds. The first-order valence-electron chi connectivity index (χ1n) is 9.12. The van der Waals surface area contributed by atoms with Gasteiger partial charge < -0.3 is 24.4 Å². The molecule has 0 aliphatic carbocycles. The van der Waals surface area contributed by atoms with Crippen LogP contribution in [0, 0.1) is 0 Å². The molecular formula is C18H22FN3O6S. The second-order valence-electron chi connectivity index (χ2n) is 7.21. The third-order valence-corrected chi connectivity index (χ3v) is 6.79. The zero-order chi connectivity index (χ0) is 20.8. The molecule has 0 fully saturated rings. The number of sulfonamides is 1. The number of urea groups is 1. The number of amides is 2. The molecule has 0 aromatic heterocycles. The lowest BCUT2D eigenvalue weighted by Gasteiger charge is -2.23. The van der Waals surface area contributed by atoms with Crippen LogP contribution in [0.4, 0.5) is 9.18 Å². The zero-order valence-electron chi connectivity index (χ0n) is 16.1. The van der Waals surface area contributed by atoms with E-state index in [4.69, 9.17) is 14.2 Å². The van der Waals surface area contributed by atoms with Crippen molar-refractivity contribution in [2.24, 2.45) is 0 Å². The Morgan fingerprint density at radius 2 is 1.86 bits per heavy atom. The highest BCUT2D eigenvalue weighted by atomic mass is 32.2. The molecule has 0 saturated heterocycles. The van der Waals surface area contributed by atoms with Gasteiger partial charge in [0.1, 0.15) is 0 Å². The third kappa shape index (κ3) is 3.77. The van der Waals surface area contributed by atoms with Gasteiger partial charge in [0.05, 0.1) is 11.5 Å². The number of methoxy groups -OCH3 is 1. The van der Waals surface area contributed by atoms with E-state index in [-0.39, 0.29) is 35.5 Å². The highest BCUT2D eigenvalue weighted by Crippen LogP contribution is 2.42. The molecule has 0 saturated carbocycles. The molecule has 4 rings (SSSR count). The van der Waals surface area contributed by atoms with Gasteiger partial charge in [0, 0.05) is 52.8 Å². The highest BCUT2D eigenvalue weighted by molar-refractivity contribution is 7.89. The number of alkyl halides is 1. The van der Waals surface area contributed by atoms with E-state index in [9.17, 15) is 17.6 Å². The van der Waals surface area contributed by atoms with Crippen molar-refractivity contribution >= 4 is 16.1 Å². The van der Waals surface area contributed by atoms with Crippen LogP contribution in [0.1, 0.15) is 6.92 Å². The summed E-state index contributed by atoms with van der Waals surface area (Å²) >= 11 is 0. The Morgan fingerprint density at radius 1 is 1.21 bits per heavy atom. The van der Waals surface area contributed by atoms with Crippen molar-refractivity contribution in [3.05, 3.63) is 29.3 Å².